The van der Waals surface area contributed by atoms with Gasteiger partial charge in [0.1, 0.15) is 0 Å². The molecule has 1 rings (SSSR count). The van der Waals surface area contributed by atoms with Crippen LogP contribution in [0.5, 0.6) is 0 Å². The van der Waals surface area contributed by atoms with E-state index in [1.54, 1.807) is 11.8 Å². The fraction of sp³-hybridized carbons (Fsp3) is 0.455. The SMILES string of the molecule is CSc1cccc(CC[C@@H](C)O)c1. The first-order valence-corrected chi connectivity index (χ1v) is 5.76. The molecule has 0 amide bonds. The molecule has 13 heavy (non-hydrogen) atoms. The van der Waals surface area contributed by atoms with Crippen molar-refractivity contribution >= 4 is 11.8 Å². The molecule has 0 unspecified atom stereocenters. The molecule has 0 saturated carbocycles. The Hall–Kier alpha value is -0.470. The fourth-order valence-corrected chi connectivity index (χ4v) is 1.69. The van der Waals surface area contributed by atoms with Gasteiger partial charge in [-0.15, -0.1) is 11.8 Å². The lowest BCUT2D eigenvalue weighted by molar-refractivity contribution is 0.185. The summed E-state index contributed by atoms with van der Waals surface area (Å²) in [5, 5.41) is 9.13. The van der Waals surface area contributed by atoms with Crippen LogP contribution in [0.3, 0.4) is 0 Å². The van der Waals surface area contributed by atoms with Crippen LogP contribution in [0, 0.1) is 0 Å². The lowest BCUT2D eigenvalue weighted by atomic mass is 10.1. The van der Waals surface area contributed by atoms with Crippen LogP contribution in [0.25, 0.3) is 0 Å². The van der Waals surface area contributed by atoms with Crippen molar-refractivity contribution in [2.75, 3.05) is 6.26 Å². The Morgan fingerprint density at radius 3 is 2.85 bits per heavy atom. The molecule has 1 N–H and O–H groups in total. The van der Waals surface area contributed by atoms with Crippen LogP contribution in [-0.4, -0.2) is 17.5 Å². The molecule has 0 aliphatic rings. The van der Waals surface area contributed by atoms with Crippen LogP contribution in [-0.2, 0) is 6.42 Å². The maximum atomic E-state index is 9.13. The smallest absolute Gasteiger partial charge is 0.0515 e. The highest BCUT2D eigenvalue weighted by molar-refractivity contribution is 7.98. The molecule has 72 valence electrons. The number of aryl methyl sites for hydroxylation is 1. The van der Waals surface area contributed by atoms with E-state index in [1.807, 2.05) is 6.92 Å². The van der Waals surface area contributed by atoms with Crippen molar-refractivity contribution in [3.63, 3.8) is 0 Å². The summed E-state index contributed by atoms with van der Waals surface area (Å²) in [6, 6.07) is 8.48. The third-order valence-corrected chi connectivity index (χ3v) is 2.71. The topological polar surface area (TPSA) is 20.2 Å². The van der Waals surface area contributed by atoms with Crippen molar-refractivity contribution in [1.29, 1.82) is 0 Å². The first-order chi connectivity index (χ1) is 6.22. The van der Waals surface area contributed by atoms with Gasteiger partial charge in [0.15, 0.2) is 0 Å². The van der Waals surface area contributed by atoms with Crippen molar-refractivity contribution < 1.29 is 5.11 Å². The number of benzene rings is 1. The number of hydrogen-bond acceptors (Lipinski definition) is 2. The van der Waals surface area contributed by atoms with Gasteiger partial charge >= 0.3 is 0 Å². The Kier molecular flexibility index (Phi) is 4.33. The summed E-state index contributed by atoms with van der Waals surface area (Å²) in [7, 11) is 0. The Morgan fingerprint density at radius 1 is 1.46 bits per heavy atom. The molecule has 0 aromatic heterocycles. The lowest BCUT2D eigenvalue weighted by Crippen LogP contribution is -2.01. The van der Waals surface area contributed by atoms with Crippen molar-refractivity contribution in [3.8, 4) is 0 Å². The van der Waals surface area contributed by atoms with Crippen LogP contribution in [0.1, 0.15) is 18.9 Å². The van der Waals surface area contributed by atoms with E-state index in [9.17, 15) is 0 Å². The van der Waals surface area contributed by atoms with Gasteiger partial charge in [-0.1, -0.05) is 12.1 Å². The van der Waals surface area contributed by atoms with Crippen molar-refractivity contribution in [1.82, 2.24) is 0 Å². The molecule has 0 heterocycles. The van der Waals surface area contributed by atoms with Crippen molar-refractivity contribution in [2.24, 2.45) is 0 Å². The second-order valence-corrected chi connectivity index (χ2v) is 4.12. The minimum absolute atomic E-state index is 0.196. The molecule has 0 saturated heterocycles. The molecule has 0 aliphatic heterocycles. The van der Waals surface area contributed by atoms with Gasteiger partial charge in [-0.05, 0) is 43.7 Å². The maximum Gasteiger partial charge on any atom is 0.0515 e. The average Bonchev–Trinajstić information content (AvgIpc) is 2.15. The lowest BCUT2D eigenvalue weighted by Gasteiger charge is -2.05. The van der Waals surface area contributed by atoms with Gasteiger partial charge < -0.3 is 5.11 Å². The van der Waals surface area contributed by atoms with Crippen LogP contribution in [0.4, 0.5) is 0 Å². The molecule has 1 atom stereocenters. The first kappa shape index (κ1) is 10.6. The summed E-state index contributed by atoms with van der Waals surface area (Å²) in [6.07, 6.45) is 3.69. The van der Waals surface area contributed by atoms with Crippen molar-refractivity contribution in [2.45, 2.75) is 30.8 Å². The average molecular weight is 196 g/mol. The highest BCUT2D eigenvalue weighted by Crippen LogP contribution is 2.16. The quantitative estimate of drug-likeness (QED) is 0.747. The second-order valence-electron chi connectivity index (χ2n) is 3.24. The van der Waals surface area contributed by atoms with Gasteiger partial charge in [0.2, 0.25) is 0 Å². The van der Waals surface area contributed by atoms with E-state index in [1.165, 1.54) is 10.5 Å². The van der Waals surface area contributed by atoms with Gasteiger partial charge in [0, 0.05) is 4.90 Å². The summed E-state index contributed by atoms with van der Waals surface area (Å²) in [5.41, 5.74) is 1.31. The van der Waals surface area contributed by atoms with Gasteiger partial charge in [0.25, 0.3) is 0 Å². The van der Waals surface area contributed by atoms with E-state index in [0.29, 0.717) is 0 Å². The van der Waals surface area contributed by atoms with Crippen LogP contribution >= 0.6 is 11.8 Å². The number of aliphatic hydroxyl groups is 1. The maximum absolute atomic E-state index is 9.13. The summed E-state index contributed by atoms with van der Waals surface area (Å²) >= 11 is 1.75. The highest BCUT2D eigenvalue weighted by Gasteiger charge is 1.98. The van der Waals surface area contributed by atoms with Crippen molar-refractivity contribution in [3.05, 3.63) is 29.8 Å². The Labute approximate surface area is 84.2 Å². The Morgan fingerprint density at radius 2 is 2.23 bits per heavy atom. The molecular formula is C11H16OS. The molecule has 2 heteroatoms. The predicted molar refractivity (Wildman–Crippen MR) is 58.2 cm³/mol. The zero-order valence-corrected chi connectivity index (χ0v) is 8.97. The first-order valence-electron chi connectivity index (χ1n) is 4.53. The van der Waals surface area contributed by atoms with Gasteiger partial charge in [-0.3, -0.25) is 0 Å². The molecule has 0 radical (unpaired) electrons. The predicted octanol–water partition coefficient (Wildman–Crippen LogP) is 2.72. The van der Waals surface area contributed by atoms with E-state index in [4.69, 9.17) is 5.11 Å². The molecule has 1 aromatic rings. The van der Waals surface area contributed by atoms with E-state index < -0.39 is 0 Å². The van der Waals surface area contributed by atoms with E-state index in [-0.39, 0.29) is 6.10 Å². The minimum atomic E-state index is -0.196. The zero-order valence-electron chi connectivity index (χ0n) is 8.16. The summed E-state index contributed by atoms with van der Waals surface area (Å²) in [6.45, 7) is 1.83. The normalized spacial score (nSPS) is 12.8. The standard InChI is InChI=1S/C11H16OS/c1-9(12)6-7-10-4-3-5-11(8-10)13-2/h3-5,8-9,12H,6-7H2,1-2H3/t9-/m1/s1. The monoisotopic (exact) mass is 196 g/mol. The fourth-order valence-electron chi connectivity index (χ4n) is 1.20. The van der Waals surface area contributed by atoms with Gasteiger partial charge in [-0.2, -0.15) is 0 Å². The highest BCUT2D eigenvalue weighted by atomic mass is 32.2. The summed E-state index contributed by atoms with van der Waals surface area (Å²) in [4.78, 5) is 1.29. The van der Waals surface area contributed by atoms with E-state index >= 15 is 0 Å². The molecule has 0 bridgehead atoms. The third-order valence-electron chi connectivity index (χ3n) is 1.98. The van der Waals surface area contributed by atoms with Gasteiger partial charge in [-0.25, -0.2) is 0 Å². The molecule has 0 spiro atoms. The zero-order chi connectivity index (χ0) is 9.68. The Bertz CT molecular complexity index is 258. The second kappa shape index (κ2) is 5.30. The third kappa shape index (κ3) is 3.83. The van der Waals surface area contributed by atoms with Gasteiger partial charge in [0.05, 0.1) is 6.10 Å². The molecule has 1 nitrogen and oxygen atoms in total. The number of thioether (sulfide) groups is 1. The van der Waals surface area contributed by atoms with E-state index in [0.717, 1.165) is 12.8 Å². The summed E-state index contributed by atoms with van der Waals surface area (Å²) in [5.74, 6) is 0. The molecule has 1 aromatic carbocycles. The largest absolute Gasteiger partial charge is 0.393 e. The molecule has 0 aliphatic carbocycles. The molecular weight excluding hydrogens is 180 g/mol. The van der Waals surface area contributed by atoms with Crippen LogP contribution in [0.15, 0.2) is 29.2 Å². The minimum Gasteiger partial charge on any atom is -0.393 e. The molecule has 0 fully saturated rings. The van der Waals surface area contributed by atoms with E-state index in [2.05, 4.69) is 30.5 Å². The number of rotatable bonds is 4. The number of aliphatic hydroxyl groups excluding tert-OH is 1. The van der Waals surface area contributed by atoms with Crippen LogP contribution < -0.4 is 0 Å². The van der Waals surface area contributed by atoms with Crippen LogP contribution in [0.2, 0.25) is 0 Å². The summed E-state index contributed by atoms with van der Waals surface area (Å²) < 4.78 is 0. The number of hydrogen-bond donors (Lipinski definition) is 1. The Balaban J connectivity index is 2.56.